The molecule has 0 aliphatic carbocycles. The third-order valence-corrected chi connectivity index (χ3v) is 5.62. The Bertz CT molecular complexity index is 1170. The fourth-order valence-corrected chi connectivity index (χ4v) is 4.39. The molecule has 2 aromatic carbocycles. The van der Waals surface area contributed by atoms with Crippen molar-refractivity contribution in [1.82, 2.24) is 5.32 Å². The van der Waals surface area contributed by atoms with E-state index in [1.165, 1.54) is 23.1 Å². The summed E-state index contributed by atoms with van der Waals surface area (Å²) in [6.45, 7) is 11.2. The molecule has 9 heteroatoms. The molecular formula is C27H34FN3O4S. The summed E-state index contributed by atoms with van der Waals surface area (Å²) in [7, 11) is 0. The Kier molecular flexibility index (Phi) is 7.93. The number of hydrogen-bond donors (Lipinski definition) is 3. The normalized spacial score (nSPS) is 16.1. The number of anilines is 2. The van der Waals surface area contributed by atoms with E-state index in [1.807, 2.05) is 20.8 Å². The number of esters is 1. The molecule has 0 saturated carbocycles. The number of phenolic OH excluding ortho intramolecular Hbond substituents is 1. The van der Waals surface area contributed by atoms with E-state index < -0.39 is 29.2 Å². The summed E-state index contributed by atoms with van der Waals surface area (Å²) in [5.74, 6) is -2.65. The van der Waals surface area contributed by atoms with Crippen molar-refractivity contribution < 1.29 is 23.8 Å². The van der Waals surface area contributed by atoms with E-state index in [2.05, 4.69) is 10.6 Å². The Labute approximate surface area is 217 Å². The predicted octanol–water partition coefficient (Wildman–Crippen LogP) is 5.05. The summed E-state index contributed by atoms with van der Waals surface area (Å²) in [4.78, 5) is 28.1. The average molecular weight is 516 g/mol. The molecule has 36 heavy (non-hydrogen) atoms. The first-order chi connectivity index (χ1) is 16.6. The van der Waals surface area contributed by atoms with Crippen LogP contribution in [0.15, 0.2) is 36.4 Å². The Balaban J connectivity index is 2.01. The molecule has 1 amide bonds. The first-order valence-electron chi connectivity index (χ1n) is 11.9. The van der Waals surface area contributed by atoms with Crippen molar-refractivity contribution >= 4 is 40.6 Å². The highest BCUT2D eigenvalue weighted by Crippen LogP contribution is 2.38. The maximum absolute atomic E-state index is 13.9. The topological polar surface area (TPSA) is 90.9 Å². The highest BCUT2D eigenvalue weighted by Gasteiger charge is 2.38. The number of hydrogen-bond acceptors (Lipinski definition) is 5. The first kappa shape index (κ1) is 27.4. The maximum atomic E-state index is 13.9. The molecule has 1 aliphatic rings. The van der Waals surface area contributed by atoms with Gasteiger partial charge in [-0.1, -0.05) is 12.1 Å². The third-order valence-electron chi connectivity index (χ3n) is 5.41. The summed E-state index contributed by atoms with van der Waals surface area (Å²) < 4.78 is 19.4. The summed E-state index contributed by atoms with van der Waals surface area (Å²) in [5, 5.41) is 17.3. The van der Waals surface area contributed by atoms with E-state index in [-0.39, 0.29) is 24.3 Å². The number of aromatic hydroxyl groups is 1. The van der Waals surface area contributed by atoms with E-state index in [0.717, 1.165) is 5.56 Å². The molecule has 3 rings (SSSR count). The Hall–Kier alpha value is -3.20. The van der Waals surface area contributed by atoms with Crippen molar-refractivity contribution in [2.45, 2.75) is 72.1 Å². The fourth-order valence-electron chi connectivity index (χ4n) is 3.97. The fraction of sp³-hybridized carbons (Fsp3) is 0.444. The van der Waals surface area contributed by atoms with Crippen molar-refractivity contribution in [3.8, 4) is 5.75 Å². The number of nitrogens with zero attached hydrogens (tertiary/aromatic N) is 1. The van der Waals surface area contributed by atoms with Crippen LogP contribution in [0.3, 0.4) is 0 Å². The predicted molar refractivity (Wildman–Crippen MR) is 142 cm³/mol. The van der Waals surface area contributed by atoms with Gasteiger partial charge < -0.3 is 25.4 Å². The van der Waals surface area contributed by atoms with E-state index in [1.54, 1.807) is 39.0 Å². The van der Waals surface area contributed by atoms with Gasteiger partial charge in [-0.15, -0.1) is 0 Å². The highest BCUT2D eigenvalue weighted by molar-refractivity contribution is 7.80. The number of fused-ring (bicyclic) bond motifs is 1. The van der Waals surface area contributed by atoms with Crippen LogP contribution in [-0.2, 0) is 27.3 Å². The Morgan fingerprint density at radius 1 is 1.19 bits per heavy atom. The molecule has 0 fully saturated rings. The van der Waals surface area contributed by atoms with Gasteiger partial charge in [0.05, 0.1) is 17.9 Å². The summed E-state index contributed by atoms with van der Waals surface area (Å²) in [6, 6.07) is 9.13. The molecule has 0 saturated heterocycles. The highest BCUT2D eigenvalue weighted by atomic mass is 32.1. The average Bonchev–Trinajstić information content (AvgIpc) is 2.83. The van der Waals surface area contributed by atoms with Crippen LogP contribution in [0.25, 0.3) is 0 Å². The van der Waals surface area contributed by atoms with E-state index in [9.17, 15) is 19.1 Å². The van der Waals surface area contributed by atoms with Crippen LogP contribution in [0.5, 0.6) is 5.75 Å². The molecular weight excluding hydrogens is 481 g/mol. The lowest BCUT2D eigenvalue weighted by Crippen LogP contribution is -2.43. The van der Waals surface area contributed by atoms with Crippen LogP contribution >= 0.6 is 12.2 Å². The molecule has 1 unspecified atom stereocenters. The van der Waals surface area contributed by atoms with Crippen molar-refractivity contribution in [3.05, 3.63) is 53.3 Å². The van der Waals surface area contributed by atoms with Gasteiger partial charge in [-0.2, -0.15) is 0 Å². The molecule has 0 radical (unpaired) electrons. The van der Waals surface area contributed by atoms with Gasteiger partial charge in [-0.3, -0.25) is 9.59 Å². The van der Waals surface area contributed by atoms with Crippen molar-refractivity contribution in [2.24, 2.45) is 5.92 Å². The number of carbonyl (C=O) groups is 2. The van der Waals surface area contributed by atoms with Gasteiger partial charge in [0, 0.05) is 11.6 Å². The van der Waals surface area contributed by atoms with Gasteiger partial charge in [0.15, 0.2) is 5.11 Å². The van der Waals surface area contributed by atoms with Crippen molar-refractivity contribution in [2.75, 3.05) is 10.2 Å². The van der Waals surface area contributed by atoms with Gasteiger partial charge >= 0.3 is 5.97 Å². The first-order valence-corrected chi connectivity index (χ1v) is 12.3. The van der Waals surface area contributed by atoms with Gasteiger partial charge in [0.2, 0.25) is 5.91 Å². The number of amides is 1. The van der Waals surface area contributed by atoms with Gasteiger partial charge in [0.25, 0.3) is 0 Å². The second kappa shape index (κ2) is 10.4. The third kappa shape index (κ3) is 7.16. The van der Waals surface area contributed by atoms with Crippen LogP contribution in [0.1, 0.15) is 59.1 Å². The number of carbonyl (C=O) groups excluding carboxylic acids is 2. The van der Waals surface area contributed by atoms with E-state index in [4.69, 9.17) is 17.0 Å². The number of phenols is 1. The van der Waals surface area contributed by atoms with Gasteiger partial charge in [0.1, 0.15) is 23.1 Å². The minimum absolute atomic E-state index is 0.0269. The monoisotopic (exact) mass is 515 g/mol. The second-order valence-corrected chi connectivity index (χ2v) is 11.4. The van der Waals surface area contributed by atoms with Crippen LogP contribution < -0.4 is 15.5 Å². The molecule has 2 aromatic rings. The van der Waals surface area contributed by atoms with Crippen LogP contribution in [-0.4, -0.2) is 33.2 Å². The van der Waals surface area contributed by atoms with E-state index in [0.29, 0.717) is 28.5 Å². The second-order valence-electron chi connectivity index (χ2n) is 11.0. The lowest BCUT2D eigenvalue weighted by atomic mass is 9.99. The zero-order valence-electron chi connectivity index (χ0n) is 21.6. The molecule has 194 valence electrons. The van der Waals surface area contributed by atoms with Gasteiger partial charge in [-0.05, 0) is 95.9 Å². The molecule has 3 N–H and O–H groups in total. The molecule has 0 bridgehead atoms. The van der Waals surface area contributed by atoms with Crippen LogP contribution in [0, 0.1) is 11.7 Å². The molecule has 0 aromatic heterocycles. The molecule has 1 atom stereocenters. The molecule has 1 heterocycles. The quantitative estimate of drug-likeness (QED) is 0.227. The minimum Gasteiger partial charge on any atom is -0.506 e. The van der Waals surface area contributed by atoms with Crippen LogP contribution in [0.4, 0.5) is 15.8 Å². The number of ether oxygens (including phenoxy) is 1. The molecule has 1 aliphatic heterocycles. The maximum Gasteiger partial charge on any atom is 0.319 e. The van der Waals surface area contributed by atoms with Crippen LogP contribution in [0.2, 0.25) is 0 Å². The smallest absolute Gasteiger partial charge is 0.319 e. The largest absolute Gasteiger partial charge is 0.506 e. The number of benzene rings is 2. The molecule has 7 nitrogen and oxygen atoms in total. The number of aryl methyl sites for hydroxylation is 1. The molecule has 0 spiro atoms. The summed E-state index contributed by atoms with van der Waals surface area (Å²) >= 11 is 5.37. The zero-order chi connectivity index (χ0) is 26.8. The minimum atomic E-state index is -1.03. The Morgan fingerprint density at radius 3 is 2.50 bits per heavy atom. The lowest BCUT2D eigenvalue weighted by Gasteiger charge is -2.28. The summed E-state index contributed by atoms with van der Waals surface area (Å²) in [5.41, 5.74) is 1.09. The zero-order valence-corrected chi connectivity index (χ0v) is 22.4. The van der Waals surface area contributed by atoms with Crippen molar-refractivity contribution in [3.63, 3.8) is 0 Å². The SMILES string of the molecule is CC(C)(C)NC(=S)Nc1cc2c(cc1O)N(Cc1cccc(F)c1)C(=O)C(C(=O)OC(C)(C)C)CC2. The lowest BCUT2D eigenvalue weighted by molar-refractivity contribution is -0.162. The van der Waals surface area contributed by atoms with E-state index >= 15 is 0 Å². The van der Waals surface area contributed by atoms with Crippen molar-refractivity contribution in [1.29, 1.82) is 0 Å². The Morgan fingerprint density at radius 2 is 1.89 bits per heavy atom. The summed E-state index contributed by atoms with van der Waals surface area (Å²) in [6.07, 6.45) is 0.619. The van der Waals surface area contributed by atoms with Gasteiger partial charge in [-0.25, -0.2) is 4.39 Å². The number of thiocarbonyl (C=S) groups is 1. The number of nitrogens with one attached hydrogen (secondary N) is 2. The number of halogens is 1. The standard InChI is InChI=1S/C27H34FN3O4S/c1-26(2,3)30-25(36)29-20-13-17-10-11-19(24(34)35-27(4,5)6)23(33)31(21(17)14-22(20)32)15-16-8-7-9-18(28)12-16/h7-9,12-14,19,32H,10-11,15H2,1-6H3,(H2,29,30,36). The number of rotatable bonds is 4.